The molecular formula is C23H30N2O6. The number of carboxylic acid groups (broad SMARTS) is 2. The van der Waals surface area contributed by atoms with Crippen LogP contribution in [0.1, 0.15) is 43.7 Å². The van der Waals surface area contributed by atoms with Gasteiger partial charge in [-0.1, -0.05) is 12.5 Å². The molecule has 1 atom stereocenters. The van der Waals surface area contributed by atoms with E-state index in [1.54, 1.807) is 7.11 Å². The molecule has 2 aromatic rings. The van der Waals surface area contributed by atoms with Gasteiger partial charge >= 0.3 is 11.9 Å². The van der Waals surface area contributed by atoms with E-state index in [1.807, 2.05) is 42.7 Å². The molecule has 2 heterocycles. The highest BCUT2D eigenvalue weighted by atomic mass is 16.5. The van der Waals surface area contributed by atoms with Crippen LogP contribution in [0.3, 0.4) is 0 Å². The Balaban J connectivity index is 0.000000501. The minimum Gasteiger partial charge on any atom is -0.497 e. The molecule has 31 heavy (non-hydrogen) atoms. The Bertz CT molecular complexity index is 785. The largest absolute Gasteiger partial charge is 0.497 e. The summed E-state index contributed by atoms with van der Waals surface area (Å²) in [6.45, 7) is 3.09. The second-order valence-corrected chi connectivity index (χ2v) is 7.18. The monoisotopic (exact) mass is 430 g/mol. The molecule has 1 fully saturated rings. The summed E-state index contributed by atoms with van der Waals surface area (Å²) in [6.07, 6.45) is 9.97. The first-order valence-electron chi connectivity index (χ1n) is 10.4. The van der Waals surface area contributed by atoms with Crippen molar-refractivity contribution in [2.45, 2.75) is 38.1 Å². The summed E-state index contributed by atoms with van der Waals surface area (Å²) in [4.78, 5) is 25.1. The van der Waals surface area contributed by atoms with E-state index in [9.17, 15) is 0 Å². The Kier molecular flexibility index (Phi) is 10.3. The van der Waals surface area contributed by atoms with Gasteiger partial charge in [-0.25, -0.2) is 9.59 Å². The third-order valence-corrected chi connectivity index (χ3v) is 5.03. The molecule has 1 aliphatic rings. The van der Waals surface area contributed by atoms with E-state index >= 15 is 0 Å². The first-order chi connectivity index (χ1) is 15.0. The number of hydrogen-bond acceptors (Lipinski definition) is 6. The minimum atomic E-state index is -1.82. The van der Waals surface area contributed by atoms with Crippen LogP contribution in [0.4, 0.5) is 0 Å². The summed E-state index contributed by atoms with van der Waals surface area (Å²) in [7, 11) is 1.68. The standard InChI is InChI=1S/C21H28N2O2.C2H2O4/c1-24-19-9-11-20(12-10-19)25-16-5-4-15-23-14-3-2-8-21(23)18-7-6-13-22-17-18;3-1(4)2(5)6/h6-7,9-13,17,21H,2-5,8,14-16H2,1H3;(H,3,4)(H,5,6). The van der Waals surface area contributed by atoms with Crippen LogP contribution < -0.4 is 9.47 Å². The lowest BCUT2D eigenvalue weighted by Crippen LogP contribution is -2.34. The van der Waals surface area contributed by atoms with Crippen molar-refractivity contribution >= 4 is 11.9 Å². The van der Waals surface area contributed by atoms with Crippen LogP contribution in [-0.4, -0.2) is 58.8 Å². The zero-order valence-corrected chi connectivity index (χ0v) is 17.8. The van der Waals surface area contributed by atoms with Gasteiger partial charge in [0.25, 0.3) is 0 Å². The number of aromatic nitrogens is 1. The summed E-state index contributed by atoms with van der Waals surface area (Å²) in [6, 6.07) is 12.6. The maximum absolute atomic E-state index is 9.10. The Morgan fingerprint density at radius 1 is 1.06 bits per heavy atom. The van der Waals surface area contributed by atoms with Crippen LogP contribution in [-0.2, 0) is 9.59 Å². The number of carbonyl (C=O) groups is 2. The molecule has 0 amide bonds. The number of ether oxygens (including phenoxy) is 2. The number of nitrogens with zero attached hydrogens (tertiary/aromatic N) is 2. The molecule has 3 rings (SSSR count). The molecule has 0 spiro atoms. The van der Waals surface area contributed by atoms with Crippen molar-refractivity contribution in [2.24, 2.45) is 0 Å². The van der Waals surface area contributed by atoms with Crippen molar-refractivity contribution in [3.05, 3.63) is 54.4 Å². The minimum absolute atomic E-state index is 0.532. The van der Waals surface area contributed by atoms with E-state index in [0.29, 0.717) is 6.04 Å². The van der Waals surface area contributed by atoms with Crippen molar-refractivity contribution in [2.75, 3.05) is 26.8 Å². The molecule has 8 nitrogen and oxygen atoms in total. The molecule has 1 aromatic heterocycles. The van der Waals surface area contributed by atoms with Gasteiger partial charge in [-0.05, 0) is 74.7 Å². The molecule has 0 radical (unpaired) electrons. The molecule has 168 valence electrons. The topological polar surface area (TPSA) is 109 Å². The first-order valence-corrected chi connectivity index (χ1v) is 10.4. The maximum atomic E-state index is 9.10. The van der Waals surface area contributed by atoms with Gasteiger partial charge in [0.05, 0.1) is 13.7 Å². The van der Waals surface area contributed by atoms with E-state index in [2.05, 4.69) is 16.0 Å². The molecule has 1 aromatic carbocycles. The molecule has 0 saturated carbocycles. The lowest BCUT2D eigenvalue weighted by atomic mass is 9.96. The quantitative estimate of drug-likeness (QED) is 0.483. The number of likely N-dealkylation sites (tertiary alicyclic amines) is 1. The summed E-state index contributed by atoms with van der Waals surface area (Å²) < 4.78 is 11.0. The maximum Gasteiger partial charge on any atom is 0.414 e. The Morgan fingerprint density at radius 3 is 2.39 bits per heavy atom. The number of piperidine rings is 1. The number of methoxy groups -OCH3 is 1. The molecule has 0 aliphatic carbocycles. The third kappa shape index (κ3) is 8.64. The van der Waals surface area contributed by atoms with Gasteiger partial charge in [-0.2, -0.15) is 0 Å². The predicted octanol–water partition coefficient (Wildman–Crippen LogP) is 3.63. The smallest absolute Gasteiger partial charge is 0.414 e. The molecule has 1 aliphatic heterocycles. The van der Waals surface area contributed by atoms with Crippen LogP contribution in [0, 0.1) is 0 Å². The Morgan fingerprint density at radius 2 is 1.77 bits per heavy atom. The van der Waals surface area contributed by atoms with Crippen LogP contribution >= 0.6 is 0 Å². The van der Waals surface area contributed by atoms with Crippen molar-refractivity contribution in [3.8, 4) is 11.5 Å². The van der Waals surface area contributed by atoms with Gasteiger partial charge in [0.15, 0.2) is 0 Å². The fourth-order valence-electron chi connectivity index (χ4n) is 3.49. The van der Waals surface area contributed by atoms with E-state index in [1.165, 1.54) is 31.4 Å². The van der Waals surface area contributed by atoms with E-state index < -0.39 is 11.9 Å². The molecule has 8 heteroatoms. The van der Waals surface area contributed by atoms with E-state index in [-0.39, 0.29) is 0 Å². The summed E-state index contributed by atoms with van der Waals surface area (Å²) >= 11 is 0. The average Bonchev–Trinajstić information content (AvgIpc) is 2.80. The van der Waals surface area contributed by atoms with Gasteiger partial charge in [0, 0.05) is 18.4 Å². The number of rotatable bonds is 8. The number of hydrogen-bond donors (Lipinski definition) is 2. The lowest BCUT2D eigenvalue weighted by Gasteiger charge is -2.35. The van der Waals surface area contributed by atoms with Gasteiger partial charge in [-0.3, -0.25) is 9.88 Å². The summed E-state index contributed by atoms with van der Waals surface area (Å²) in [5, 5.41) is 14.8. The molecule has 0 bridgehead atoms. The Labute approximate surface area is 182 Å². The van der Waals surface area contributed by atoms with Crippen molar-refractivity contribution in [1.82, 2.24) is 9.88 Å². The van der Waals surface area contributed by atoms with Crippen molar-refractivity contribution in [3.63, 3.8) is 0 Å². The Hall–Kier alpha value is -3.13. The molecule has 2 N–H and O–H groups in total. The number of aliphatic carboxylic acids is 2. The van der Waals surface area contributed by atoms with E-state index in [0.717, 1.165) is 37.5 Å². The molecule has 1 saturated heterocycles. The summed E-state index contributed by atoms with van der Waals surface area (Å²) in [5.74, 6) is -1.88. The zero-order chi connectivity index (χ0) is 22.5. The van der Waals surface area contributed by atoms with Crippen LogP contribution in [0.15, 0.2) is 48.8 Å². The fraction of sp³-hybridized carbons (Fsp3) is 0.435. The highest BCUT2D eigenvalue weighted by Gasteiger charge is 2.23. The van der Waals surface area contributed by atoms with Gasteiger partial charge in [-0.15, -0.1) is 0 Å². The lowest BCUT2D eigenvalue weighted by molar-refractivity contribution is -0.159. The number of benzene rings is 1. The number of carboxylic acids is 2. The molecule has 1 unspecified atom stereocenters. The second-order valence-electron chi connectivity index (χ2n) is 7.18. The predicted molar refractivity (Wildman–Crippen MR) is 115 cm³/mol. The highest BCUT2D eigenvalue weighted by Crippen LogP contribution is 2.30. The zero-order valence-electron chi connectivity index (χ0n) is 17.8. The van der Waals surface area contributed by atoms with E-state index in [4.69, 9.17) is 29.3 Å². The fourth-order valence-corrected chi connectivity index (χ4v) is 3.49. The van der Waals surface area contributed by atoms with Crippen molar-refractivity contribution in [1.29, 1.82) is 0 Å². The van der Waals surface area contributed by atoms with Gasteiger partial charge in [0.2, 0.25) is 0 Å². The SMILES string of the molecule is COc1ccc(OCCCCN2CCCCC2c2cccnc2)cc1.O=C(O)C(=O)O. The van der Waals surface area contributed by atoms with Crippen molar-refractivity contribution < 1.29 is 29.3 Å². The van der Waals surface area contributed by atoms with Crippen LogP contribution in [0.5, 0.6) is 11.5 Å². The number of unbranched alkanes of at least 4 members (excludes halogenated alkanes) is 1. The first kappa shape index (κ1) is 24.1. The normalized spacial score (nSPS) is 16.0. The van der Waals surface area contributed by atoms with Crippen LogP contribution in [0.25, 0.3) is 0 Å². The average molecular weight is 431 g/mol. The van der Waals surface area contributed by atoms with Gasteiger partial charge < -0.3 is 19.7 Å². The highest BCUT2D eigenvalue weighted by molar-refractivity contribution is 6.27. The third-order valence-electron chi connectivity index (χ3n) is 5.03. The summed E-state index contributed by atoms with van der Waals surface area (Å²) in [5.41, 5.74) is 1.36. The molecular weight excluding hydrogens is 400 g/mol. The van der Waals surface area contributed by atoms with Crippen LogP contribution in [0.2, 0.25) is 0 Å². The van der Waals surface area contributed by atoms with Gasteiger partial charge in [0.1, 0.15) is 11.5 Å². The second kappa shape index (κ2) is 13.2. The number of pyridine rings is 1.